The number of H-pyrrole nitrogens is 1. The smallest absolute Gasteiger partial charge is 0.0921 e. The number of benzene rings is 1. The summed E-state index contributed by atoms with van der Waals surface area (Å²) in [6, 6.07) is 8.99. The number of aromatic amines is 1. The first-order valence-electron chi connectivity index (χ1n) is 6.68. The summed E-state index contributed by atoms with van der Waals surface area (Å²) in [5.41, 5.74) is 4.10. The predicted octanol–water partition coefficient (Wildman–Crippen LogP) is 2.62. The van der Waals surface area contributed by atoms with E-state index < -0.39 is 0 Å². The Morgan fingerprint density at radius 1 is 1.33 bits per heavy atom. The highest BCUT2D eigenvalue weighted by Gasteiger charge is 2.23. The van der Waals surface area contributed by atoms with Crippen LogP contribution in [0.5, 0.6) is 0 Å². The van der Waals surface area contributed by atoms with Gasteiger partial charge in [0.2, 0.25) is 0 Å². The second-order valence-corrected chi connectivity index (χ2v) is 5.02. The number of hydrogen-bond donors (Lipinski definition) is 2. The lowest BCUT2D eigenvalue weighted by atomic mass is 10.1. The molecule has 0 atom stereocenters. The zero-order valence-electron chi connectivity index (χ0n) is 10.5. The minimum absolute atomic E-state index is 0.843. The molecule has 2 aromatic rings. The van der Waals surface area contributed by atoms with E-state index in [2.05, 4.69) is 39.6 Å². The maximum atomic E-state index is 4.01. The first-order chi connectivity index (χ1) is 8.92. The third kappa shape index (κ3) is 2.99. The normalized spacial score (nSPS) is 14.9. The second-order valence-electron chi connectivity index (χ2n) is 5.02. The van der Waals surface area contributed by atoms with Crippen LogP contribution in [0.3, 0.4) is 0 Å². The van der Waals surface area contributed by atoms with Crippen LogP contribution >= 0.6 is 0 Å². The fraction of sp³-hybridized carbons (Fsp3) is 0.400. The molecule has 0 radical (unpaired) electrons. The van der Waals surface area contributed by atoms with Crippen molar-refractivity contribution in [2.75, 3.05) is 6.54 Å². The molecule has 3 rings (SSSR count). The quantitative estimate of drug-likeness (QED) is 0.763. The SMILES string of the molecule is c1cc(CNCCc2cnc[nH]2)cc(C2CC2)c1. The molecule has 3 nitrogen and oxygen atoms in total. The molecule has 0 amide bonds. The van der Waals surface area contributed by atoms with E-state index in [-0.39, 0.29) is 0 Å². The van der Waals surface area contributed by atoms with E-state index in [4.69, 9.17) is 0 Å². The van der Waals surface area contributed by atoms with Crippen LogP contribution in [-0.4, -0.2) is 16.5 Å². The highest BCUT2D eigenvalue weighted by Crippen LogP contribution is 2.40. The molecule has 1 saturated carbocycles. The van der Waals surface area contributed by atoms with E-state index in [1.807, 2.05) is 6.20 Å². The summed E-state index contributed by atoms with van der Waals surface area (Å²) in [4.78, 5) is 7.13. The fourth-order valence-electron chi connectivity index (χ4n) is 2.25. The van der Waals surface area contributed by atoms with Crippen LogP contribution in [-0.2, 0) is 13.0 Å². The molecule has 1 aromatic carbocycles. The Bertz CT molecular complexity index is 486. The van der Waals surface area contributed by atoms with Crippen molar-refractivity contribution < 1.29 is 0 Å². The summed E-state index contributed by atoms with van der Waals surface area (Å²) >= 11 is 0. The molecule has 0 aliphatic heterocycles. The Kier molecular flexibility index (Phi) is 3.42. The molecular formula is C15H19N3. The number of hydrogen-bond acceptors (Lipinski definition) is 2. The maximum absolute atomic E-state index is 4.01. The third-order valence-corrected chi connectivity index (χ3v) is 3.45. The molecule has 1 fully saturated rings. The second kappa shape index (κ2) is 5.36. The Labute approximate surface area is 108 Å². The molecule has 1 aliphatic carbocycles. The minimum Gasteiger partial charge on any atom is -0.348 e. The van der Waals surface area contributed by atoms with Crippen molar-refractivity contribution in [3.05, 3.63) is 53.6 Å². The van der Waals surface area contributed by atoms with Crippen LogP contribution in [0.4, 0.5) is 0 Å². The number of nitrogens with zero attached hydrogens (tertiary/aromatic N) is 1. The van der Waals surface area contributed by atoms with Crippen molar-refractivity contribution in [2.45, 2.75) is 31.7 Å². The van der Waals surface area contributed by atoms with Crippen molar-refractivity contribution in [3.63, 3.8) is 0 Å². The average molecular weight is 241 g/mol. The van der Waals surface area contributed by atoms with Crippen molar-refractivity contribution in [3.8, 4) is 0 Å². The molecule has 1 aliphatic rings. The first-order valence-corrected chi connectivity index (χ1v) is 6.68. The van der Waals surface area contributed by atoms with Gasteiger partial charge in [-0.2, -0.15) is 0 Å². The molecule has 0 spiro atoms. The van der Waals surface area contributed by atoms with Crippen LogP contribution in [0.1, 0.15) is 35.6 Å². The number of aromatic nitrogens is 2. The van der Waals surface area contributed by atoms with E-state index in [1.165, 1.54) is 29.7 Å². The molecular weight excluding hydrogens is 222 g/mol. The molecule has 0 saturated heterocycles. The Balaban J connectivity index is 1.46. The van der Waals surface area contributed by atoms with Crippen LogP contribution in [0.15, 0.2) is 36.8 Å². The summed E-state index contributed by atoms with van der Waals surface area (Å²) in [5, 5.41) is 3.48. The highest BCUT2D eigenvalue weighted by atomic mass is 14.9. The van der Waals surface area contributed by atoms with E-state index in [0.717, 1.165) is 25.4 Å². The van der Waals surface area contributed by atoms with Crippen molar-refractivity contribution >= 4 is 0 Å². The molecule has 18 heavy (non-hydrogen) atoms. The van der Waals surface area contributed by atoms with Gasteiger partial charge >= 0.3 is 0 Å². The van der Waals surface area contributed by atoms with E-state index in [0.29, 0.717) is 0 Å². The lowest BCUT2D eigenvalue weighted by Crippen LogP contribution is -2.16. The zero-order chi connectivity index (χ0) is 12.2. The fourth-order valence-corrected chi connectivity index (χ4v) is 2.25. The summed E-state index contributed by atoms with van der Waals surface area (Å²) in [6.07, 6.45) is 7.36. The monoisotopic (exact) mass is 241 g/mol. The number of nitrogens with one attached hydrogen (secondary N) is 2. The molecule has 0 unspecified atom stereocenters. The summed E-state index contributed by atoms with van der Waals surface area (Å²) < 4.78 is 0. The van der Waals surface area contributed by atoms with Gasteiger partial charge in [-0.05, 0) is 29.9 Å². The van der Waals surface area contributed by atoms with Crippen molar-refractivity contribution in [2.24, 2.45) is 0 Å². The number of rotatable bonds is 6. The maximum Gasteiger partial charge on any atom is 0.0921 e. The Morgan fingerprint density at radius 2 is 2.28 bits per heavy atom. The molecule has 2 N–H and O–H groups in total. The lowest BCUT2D eigenvalue weighted by molar-refractivity contribution is 0.681. The van der Waals surface area contributed by atoms with Gasteiger partial charge in [0.1, 0.15) is 0 Å². The predicted molar refractivity (Wildman–Crippen MR) is 72.4 cm³/mol. The largest absolute Gasteiger partial charge is 0.348 e. The lowest BCUT2D eigenvalue weighted by Gasteiger charge is -2.06. The van der Waals surface area contributed by atoms with E-state index >= 15 is 0 Å². The van der Waals surface area contributed by atoms with Gasteiger partial charge in [-0.15, -0.1) is 0 Å². The van der Waals surface area contributed by atoms with Gasteiger partial charge in [0, 0.05) is 31.4 Å². The van der Waals surface area contributed by atoms with Gasteiger partial charge in [-0.3, -0.25) is 0 Å². The van der Waals surface area contributed by atoms with Crippen LogP contribution in [0.2, 0.25) is 0 Å². The van der Waals surface area contributed by atoms with Crippen LogP contribution in [0, 0.1) is 0 Å². The van der Waals surface area contributed by atoms with Crippen molar-refractivity contribution in [1.82, 2.24) is 15.3 Å². The molecule has 1 heterocycles. The average Bonchev–Trinajstić information content (AvgIpc) is 3.13. The topological polar surface area (TPSA) is 40.7 Å². The molecule has 94 valence electrons. The zero-order valence-corrected chi connectivity index (χ0v) is 10.5. The molecule has 3 heteroatoms. The standard InChI is InChI=1S/C15H19N3/c1-2-12(8-14(3-1)13-4-5-13)9-16-7-6-15-10-17-11-18-15/h1-3,8,10-11,13,16H,4-7,9H2,(H,17,18). The van der Waals surface area contributed by atoms with Gasteiger partial charge in [0.05, 0.1) is 6.33 Å². The van der Waals surface area contributed by atoms with E-state index in [9.17, 15) is 0 Å². The Hall–Kier alpha value is -1.61. The van der Waals surface area contributed by atoms with Crippen molar-refractivity contribution in [1.29, 1.82) is 0 Å². The first kappa shape index (κ1) is 11.5. The highest BCUT2D eigenvalue weighted by molar-refractivity contribution is 5.29. The Morgan fingerprint density at radius 3 is 3.06 bits per heavy atom. The summed E-state index contributed by atoms with van der Waals surface area (Å²) in [5.74, 6) is 0.843. The molecule has 1 aromatic heterocycles. The van der Waals surface area contributed by atoms with Gasteiger partial charge in [-0.1, -0.05) is 24.3 Å². The minimum atomic E-state index is 0.843. The summed E-state index contributed by atoms with van der Waals surface area (Å²) in [6.45, 7) is 1.94. The van der Waals surface area contributed by atoms with Gasteiger partial charge in [0.15, 0.2) is 0 Å². The summed E-state index contributed by atoms with van der Waals surface area (Å²) in [7, 11) is 0. The van der Waals surface area contributed by atoms with Gasteiger partial charge in [-0.25, -0.2) is 4.98 Å². The van der Waals surface area contributed by atoms with Gasteiger partial charge in [0.25, 0.3) is 0 Å². The van der Waals surface area contributed by atoms with Gasteiger partial charge < -0.3 is 10.3 Å². The van der Waals surface area contributed by atoms with E-state index in [1.54, 1.807) is 6.33 Å². The molecule has 0 bridgehead atoms. The van der Waals surface area contributed by atoms with Crippen LogP contribution < -0.4 is 5.32 Å². The number of imidazole rings is 1. The van der Waals surface area contributed by atoms with Crippen LogP contribution in [0.25, 0.3) is 0 Å². The third-order valence-electron chi connectivity index (χ3n) is 3.45.